The van der Waals surface area contributed by atoms with Crippen LogP contribution in [0.2, 0.25) is 0 Å². The van der Waals surface area contributed by atoms with Crippen molar-refractivity contribution >= 4 is 40.7 Å². The molecule has 0 aliphatic rings. The van der Waals surface area contributed by atoms with E-state index < -0.39 is 0 Å². The lowest BCUT2D eigenvalue weighted by Crippen LogP contribution is -2.09. The van der Waals surface area contributed by atoms with Crippen molar-refractivity contribution in [3.8, 4) is 11.1 Å². The molecule has 5 aromatic carbocycles. The van der Waals surface area contributed by atoms with Gasteiger partial charge in [0.1, 0.15) is 0 Å². The van der Waals surface area contributed by atoms with Gasteiger partial charge in [-0.25, -0.2) is 0 Å². The lowest BCUT2D eigenvalue weighted by Gasteiger charge is -2.16. The fourth-order valence-electron chi connectivity index (χ4n) is 3.97. The lowest BCUT2D eigenvalue weighted by atomic mass is 9.94. The smallest absolute Gasteiger partial charge is 0.00215 e. The largest absolute Gasteiger partial charge is 0.0620 e. The van der Waals surface area contributed by atoms with Crippen molar-refractivity contribution in [2.45, 2.75) is 6.92 Å². The Balaban J connectivity index is 1.82. The Bertz CT molecular complexity index is 1290. The first-order valence-corrected chi connectivity index (χ1v) is 10.6. The van der Waals surface area contributed by atoms with Crippen molar-refractivity contribution in [2.75, 3.05) is 0 Å². The molecule has 1 heteroatoms. The SMILES string of the molecule is Cc1ccccc1Pc1ccc2ccccc2c1-c1cccc2ccccc12. The summed E-state index contributed by atoms with van der Waals surface area (Å²) in [5.74, 6) is 0. The minimum Gasteiger partial charge on any atom is -0.0620 e. The quantitative estimate of drug-likeness (QED) is 0.311. The monoisotopic (exact) mass is 376 g/mol. The highest BCUT2D eigenvalue weighted by Crippen LogP contribution is 2.35. The Morgan fingerprint density at radius 3 is 1.96 bits per heavy atom. The summed E-state index contributed by atoms with van der Waals surface area (Å²) in [6, 6.07) is 37.4. The van der Waals surface area contributed by atoms with Crippen molar-refractivity contribution in [3.63, 3.8) is 0 Å². The summed E-state index contributed by atoms with van der Waals surface area (Å²) in [5.41, 5.74) is 4.06. The van der Waals surface area contributed by atoms with E-state index in [1.807, 2.05) is 0 Å². The van der Waals surface area contributed by atoms with Crippen LogP contribution in [0.3, 0.4) is 0 Å². The summed E-state index contributed by atoms with van der Waals surface area (Å²) in [5, 5.41) is 8.06. The van der Waals surface area contributed by atoms with Gasteiger partial charge in [0.05, 0.1) is 0 Å². The molecule has 0 aliphatic heterocycles. The second kappa shape index (κ2) is 7.23. The first-order chi connectivity index (χ1) is 13.8. The van der Waals surface area contributed by atoms with Crippen LogP contribution >= 0.6 is 8.58 Å². The zero-order chi connectivity index (χ0) is 18.9. The summed E-state index contributed by atoms with van der Waals surface area (Å²) < 4.78 is 0. The molecule has 1 unspecified atom stereocenters. The van der Waals surface area contributed by atoms with E-state index in [0.717, 1.165) is 0 Å². The van der Waals surface area contributed by atoms with Crippen LogP contribution < -0.4 is 10.6 Å². The molecule has 0 bridgehead atoms. The van der Waals surface area contributed by atoms with Crippen molar-refractivity contribution in [1.82, 2.24) is 0 Å². The summed E-state index contributed by atoms with van der Waals surface area (Å²) in [6.07, 6.45) is 0. The lowest BCUT2D eigenvalue weighted by molar-refractivity contribution is 1.52. The maximum absolute atomic E-state index is 2.32. The standard InChI is InChI=1S/C27H21P/c1-19-9-2-7-16-25(19)28-26-18-17-21-11-4-6-14-23(21)27(26)24-15-8-12-20-10-3-5-13-22(20)24/h2-18,28H,1H3. The van der Waals surface area contributed by atoms with E-state index in [1.165, 1.54) is 48.8 Å². The predicted octanol–water partition coefficient (Wildman–Crippen LogP) is 6.60. The molecule has 0 N–H and O–H groups in total. The molecule has 134 valence electrons. The van der Waals surface area contributed by atoms with E-state index in [9.17, 15) is 0 Å². The molecule has 28 heavy (non-hydrogen) atoms. The zero-order valence-corrected chi connectivity index (χ0v) is 16.8. The maximum atomic E-state index is 2.32. The molecular weight excluding hydrogens is 355 g/mol. The summed E-state index contributed by atoms with van der Waals surface area (Å²) in [7, 11) is 0.634. The third-order valence-corrected chi connectivity index (χ3v) is 6.92. The molecule has 1 atom stereocenters. The molecule has 5 rings (SSSR count). The van der Waals surface area contributed by atoms with Crippen molar-refractivity contribution in [1.29, 1.82) is 0 Å². The van der Waals surface area contributed by atoms with Crippen LogP contribution in [0.15, 0.2) is 103 Å². The second-order valence-electron chi connectivity index (χ2n) is 7.18. The van der Waals surface area contributed by atoms with Gasteiger partial charge < -0.3 is 0 Å². The summed E-state index contributed by atoms with van der Waals surface area (Å²) in [6.45, 7) is 2.21. The van der Waals surface area contributed by atoms with Crippen molar-refractivity contribution in [3.05, 3.63) is 109 Å². The summed E-state index contributed by atoms with van der Waals surface area (Å²) >= 11 is 0. The van der Waals surface area contributed by atoms with Crippen molar-refractivity contribution in [2.24, 2.45) is 0 Å². The number of aryl methyl sites for hydroxylation is 1. The Morgan fingerprint density at radius 1 is 0.500 bits per heavy atom. The highest BCUT2D eigenvalue weighted by Gasteiger charge is 2.13. The third-order valence-electron chi connectivity index (χ3n) is 5.40. The van der Waals surface area contributed by atoms with Gasteiger partial charge in [0.15, 0.2) is 0 Å². The van der Waals surface area contributed by atoms with Gasteiger partial charge in [-0.3, -0.25) is 0 Å². The third kappa shape index (κ3) is 3.01. The van der Waals surface area contributed by atoms with E-state index in [2.05, 4.69) is 110 Å². The number of rotatable bonds is 3. The van der Waals surface area contributed by atoms with Crippen LogP contribution in [0.25, 0.3) is 32.7 Å². The normalized spacial score (nSPS) is 11.6. The van der Waals surface area contributed by atoms with Crippen molar-refractivity contribution < 1.29 is 0 Å². The minimum absolute atomic E-state index is 0.634. The fraction of sp³-hybridized carbons (Fsp3) is 0.0370. The first kappa shape index (κ1) is 17.2. The Kier molecular flexibility index (Phi) is 4.43. The molecule has 0 heterocycles. The minimum atomic E-state index is 0.634. The van der Waals surface area contributed by atoms with E-state index in [-0.39, 0.29) is 0 Å². The number of fused-ring (bicyclic) bond motifs is 2. The Hall–Kier alpha value is -2.95. The number of benzene rings is 5. The average Bonchev–Trinajstić information content (AvgIpc) is 2.75. The van der Waals surface area contributed by atoms with Crippen LogP contribution in [0.5, 0.6) is 0 Å². The maximum Gasteiger partial charge on any atom is -0.00215 e. The second-order valence-corrected chi connectivity index (χ2v) is 8.50. The molecule has 0 radical (unpaired) electrons. The molecule has 0 saturated carbocycles. The van der Waals surface area contributed by atoms with E-state index >= 15 is 0 Å². The predicted molar refractivity (Wildman–Crippen MR) is 126 cm³/mol. The molecule has 0 saturated heterocycles. The number of hydrogen-bond donors (Lipinski definition) is 0. The number of hydrogen-bond acceptors (Lipinski definition) is 0. The Labute approximate surface area is 167 Å². The van der Waals surface area contributed by atoms with Gasteiger partial charge in [-0.2, -0.15) is 0 Å². The first-order valence-electron chi connectivity index (χ1n) is 9.64. The van der Waals surface area contributed by atoms with Crippen LogP contribution in [-0.4, -0.2) is 0 Å². The molecular formula is C27H21P. The van der Waals surface area contributed by atoms with Crippen LogP contribution in [-0.2, 0) is 0 Å². The summed E-state index contributed by atoms with van der Waals surface area (Å²) in [4.78, 5) is 0. The van der Waals surface area contributed by atoms with Gasteiger partial charge in [-0.05, 0) is 55.8 Å². The topological polar surface area (TPSA) is 0 Å². The molecule has 0 spiro atoms. The molecule has 0 amide bonds. The highest BCUT2D eigenvalue weighted by atomic mass is 31.1. The van der Waals surface area contributed by atoms with Crippen LogP contribution in [0.1, 0.15) is 5.56 Å². The van der Waals surface area contributed by atoms with Gasteiger partial charge in [0.25, 0.3) is 0 Å². The van der Waals surface area contributed by atoms with Crippen LogP contribution in [0.4, 0.5) is 0 Å². The van der Waals surface area contributed by atoms with E-state index in [1.54, 1.807) is 0 Å². The van der Waals surface area contributed by atoms with Gasteiger partial charge in [-0.1, -0.05) is 112 Å². The molecule has 0 nitrogen and oxygen atoms in total. The van der Waals surface area contributed by atoms with Gasteiger partial charge >= 0.3 is 0 Å². The zero-order valence-electron chi connectivity index (χ0n) is 15.8. The molecule has 0 aliphatic carbocycles. The highest BCUT2D eigenvalue weighted by molar-refractivity contribution is 7.56. The average molecular weight is 376 g/mol. The van der Waals surface area contributed by atoms with Gasteiger partial charge in [-0.15, -0.1) is 0 Å². The van der Waals surface area contributed by atoms with E-state index in [0.29, 0.717) is 8.58 Å². The molecule has 5 aromatic rings. The van der Waals surface area contributed by atoms with Gasteiger partial charge in [0.2, 0.25) is 0 Å². The Morgan fingerprint density at radius 2 is 1.14 bits per heavy atom. The van der Waals surface area contributed by atoms with E-state index in [4.69, 9.17) is 0 Å². The fourth-order valence-corrected chi connectivity index (χ4v) is 5.28. The van der Waals surface area contributed by atoms with Gasteiger partial charge in [0, 0.05) is 0 Å². The molecule has 0 fully saturated rings. The molecule has 0 aromatic heterocycles. The van der Waals surface area contributed by atoms with Crippen LogP contribution in [0, 0.1) is 6.92 Å².